The zero-order valence-corrected chi connectivity index (χ0v) is 9.33. The summed E-state index contributed by atoms with van der Waals surface area (Å²) in [5.41, 5.74) is 0. The lowest BCUT2D eigenvalue weighted by atomic mass is 10.1. The summed E-state index contributed by atoms with van der Waals surface area (Å²) in [5.74, 6) is -1.02. The van der Waals surface area contributed by atoms with Gasteiger partial charge in [-0.1, -0.05) is 13.2 Å². The first kappa shape index (κ1) is 15.1. The summed E-state index contributed by atoms with van der Waals surface area (Å²) in [7, 11) is 0. The highest BCUT2D eigenvalue weighted by molar-refractivity contribution is 5.96. The largest absolute Gasteiger partial charge is 0.358 e. The maximum atomic E-state index is 11.3. The maximum absolute atomic E-state index is 11.3. The number of ether oxygens (including phenoxy) is 1. The third-order valence-corrected chi connectivity index (χ3v) is 1.99. The predicted octanol–water partition coefficient (Wildman–Crippen LogP) is 0.428. The molecule has 0 radical (unpaired) electrons. The molecule has 5 nitrogen and oxygen atoms in total. The smallest absolute Gasteiger partial charge is 0.184 e. The Morgan fingerprint density at radius 3 is 1.53 bits per heavy atom. The van der Waals surface area contributed by atoms with E-state index < -0.39 is 23.8 Å². The van der Waals surface area contributed by atoms with E-state index in [1.165, 1.54) is 0 Å². The lowest BCUT2D eigenvalue weighted by molar-refractivity contribution is -0.142. The van der Waals surface area contributed by atoms with Crippen LogP contribution in [0.5, 0.6) is 0 Å². The third kappa shape index (κ3) is 5.12. The van der Waals surface area contributed by atoms with Crippen LogP contribution >= 0.6 is 0 Å². The van der Waals surface area contributed by atoms with Gasteiger partial charge in [0.2, 0.25) is 0 Å². The molecular formula is C12H14O5. The Labute approximate surface area is 99.1 Å². The summed E-state index contributed by atoms with van der Waals surface area (Å²) in [6.07, 6.45) is 0.465. The van der Waals surface area contributed by atoms with Crippen LogP contribution in [0.25, 0.3) is 0 Å². The second-order valence-corrected chi connectivity index (χ2v) is 3.13. The van der Waals surface area contributed by atoms with Crippen molar-refractivity contribution in [1.29, 1.82) is 0 Å². The summed E-state index contributed by atoms with van der Waals surface area (Å²) in [6.45, 7) is 6.52. The minimum Gasteiger partial charge on any atom is -0.358 e. The number of hydrogen-bond donors (Lipinski definition) is 0. The fourth-order valence-electron chi connectivity index (χ4n) is 1.11. The van der Waals surface area contributed by atoms with Crippen LogP contribution < -0.4 is 0 Å². The second kappa shape index (κ2) is 8.29. The SMILES string of the molecule is C=CC(=O)C(CC=O)OC(CC=O)C(=O)C=C. The first-order valence-corrected chi connectivity index (χ1v) is 4.96. The van der Waals surface area contributed by atoms with Gasteiger partial charge in [-0.25, -0.2) is 0 Å². The molecule has 0 aromatic carbocycles. The molecule has 17 heavy (non-hydrogen) atoms. The average molecular weight is 238 g/mol. The highest BCUT2D eigenvalue weighted by atomic mass is 16.5. The number of ketones is 2. The summed E-state index contributed by atoms with van der Waals surface area (Å²) >= 11 is 0. The Balaban J connectivity index is 4.76. The van der Waals surface area contributed by atoms with E-state index >= 15 is 0 Å². The van der Waals surface area contributed by atoms with Gasteiger partial charge >= 0.3 is 0 Å². The molecule has 0 aromatic heterocycles. The molecule has 0 saturated carbocycles. The van der Waals surface area contributed by atoms with Crippen LogP contribution in [0, 0.1) is 0 Å². The number of aldehydes is 2. The van der Waals surface area contributed by atoms with Crippen LogP contribution in [0.2, 0.25) is 0 Å². The molecule has 0 aliphatic carbocycles. The van der Waals surface area contributed by atoms with Crippen molar-refractivity contribution >= 4 is 24.1 Å². The van der Waals surface area contributed by atoms with Gasteiger partial charge in [0.05, 0.1) is 0 Å². The van der Waals surface area contributed by atoms with Crippen LogP contribution in [-0.2, 0) is 23.9 Å². The van der Waals surface area contributed by atoms with Crippen molar-refractivity contribution in [3.63, 3.8) is 0 Å². The molecule has 0 rings (SSSR count). The number of carbonyl (C=O) groups is 4. The average Bonchev–Trinajstić information content (AvgIpc) is 2.35. The Morgan fingerprint density at radius 1 is 0.941 bits per heavy atom. The Hall–Kier alpha value is -1.88. The van der Waals surface area contributed by atoms with Gasteiger partial charge in [0.15, 0.2) is 11.6 Å². The highest BCUT2D eigenvalue weighted by Gasteiger charge is 2.24. The van der Waals surface area contributed by atoms with Gasteiger partial charge in [0, 0.05) is 12.8 Å². The number of carbonyl (C=O) groups excluding carboxylic acids is 4. The molecule has 0 amide bonds. The van der Waals surface area contributed by atoms with E-state index in [0.717, 1.165) is 12.2 Å². The molecule has 0 aromatic rings. The van der Waals surface area contributed by atoms with Crippen molar-refractivity contribution in [3.8, 4) is 0 Å². The van der Waals surface area contributed by atoms with Crippen LogP contribution in [-0.4, -0.2) is 36.3 Å². The van der Waals surface area contributed by atoms with E-state index in [9.17, 15) is 19.2 Å². The lowest BCUT2D eigenvalue weighted by Gasteiger charge is -2.18. The lowest BCUT2D eigenvalue weighted by Crippen LogP contribution is -2.33. The fraction of sp³-hybridized carbons (Fsp3) is 0.333. The van der Waals surface area contributed by atoms with Gasteiger partial charge in [-0.05, 0) is 12.2 Å². The van der Waals surface area contributed by atoms with Gasteiger partial charge in [-0.2, -0.15) is 0 Å². The third-order valence-electron chi connectivity index (χ3n) is 1.99. The van der Waals surface area contributed by atoms with E-state index in [1.54, 1.807) is 0 Å². The van der Waals surface area contributed by atoms with Crippen LogP contribution in [0.3, 0.4) is 0 Å². The van der Waals surface area contributed by atoms with E-state index in [-0.39, 0.29) is 12.8 Å². The monoisotopic (exact) mass is 238 g/mol. The first-order chi connectivity index (χ1) is 8.10. The quantitative estimate of drug-likeness (QED) is 0.407. The molecule has 0 fully saturated rings. The van der Waals surface area contributed by atoms with Gasteiger partial charge in [-0.15, -0.1) is 0 Å². The summed E-state index contributed by atoms with van der Waals surface area (Å²) < 4.78 is 5.13. The molecule has 2 atom stereocenters. The molecule has 2 unspecified atom stereocenters. The van der Waals surface area contributed by atoms with Crippen molar-refractivity contribution in [2.24, 2.45) is 0 Å². The van der Waals surface area contributed by atoms with Crippen molar-refractivity contribution < 1.29 is 23.9 Å². The molecule has 0 aliphatic heterocycles. The van der Waals surface area contributed by atoms with Crippen LogP contribution in [0.1, 0.15) is 12.8 Å². The second-order valence-electron chi connectivity index (χ2n) is 3.13. The summed E-state index contributed by atoms with van der Waals surface area (Å²) in [5, 5.41) is 0. The predicted molar refractivity (Wildman–Crippen MR) is 60.4 cm³/mol. The Morgan fingerprint density at radius 2 is 1.29 bits per heavy atom. The Bertz CT molecular complexity index is 300. The molecular weight excluding hydrogens is 224 g/mol. The highest BCUT2D eigenvalue weighted by Crippen LogP contribution is 2.08. The molecule has 5 heteroatoms. The summed E-state index contributed by atoms with van der Waals surface area (Å²) in [6, 6.07) is 0. The van der Waals surface area contributed by atoms with E-state index in [4.69, 9.17) is 4.74 Å². The number of hydrogen-bond acceptors (Lipinski definition) is 5. The van der Waals surface area contributed by atoms with Gasteiger partial charge in [-0.3, -0.25) is 9.59 Å². The maximum Gasteiger partial charge on any atom is 0.184 e. The van der Waals surface area contributed by atoms with Crippen molar-refractivity contribution in [1.82, 2.24) is 0 Å². The zero-order valence-electron chi connectivity index (χ0n) is 9.33. The molecule has 0 spiro atoms. The van der Waals surface area contributed by atoms with E-state index in [2.05, 4.69) is 13.2 Å². The number of rotatable bonds is 10. The zero-order chi connectivity index (χ0) is 13.3. The normalized spacial score (nSPS) is 13.2. The molecule has 0 heterocycles. The van der Waals surface area contributed by atoms with Gasteiger partial charge in [0.25, 0.3) is 0 Å². The fourth-order valence-corrected chi connectivity index (χ4v) is 1.11. The minimum atomic E-state index is -1.08. The summed E-state index contributed by atoms with van der Waals surface area (Å²) in [4.78, 5) is 43.4. The molecule has 0 bridgehead atoms. The Kier molecular flexibility index (Phi) is 7.38. The van der Waals surface area contributed by atoms with Crippen molar-refractivity contribution in [2.75, 3.05) is 0 Å². The molecule has 0 saturated heterocycles. The van der Waals surface area contributed by atoms with Crippen LogP contribution in [0.15, 0.2) is 25.3 Å². The van der Waals surface area contributed by atoms with Gasteiger partial charge in [0.1, 0.15) is 24.8 Å². The minimum absolute atomic E-state index is 0.190. The van der Waals surface area contributed by atoms with E-state index in [1.807, 2.05) is 0 Å². The van der Waals surface area contributed by atoms with Crippen molar-refractivity contribution in [2.45, 2.75) is 25.0 Å². The molecule has 0 aliphatic rings. The topological polar surface area (TPSA) is 77.5 Å². The first-order valence-electron chi connectivity index (χ1n) is 4.96. The molecule has 0 N–H and O–H groups in total. The molecule has 92 valence electrons. The van der Waals surface area contributed by atoms with Gasteiger partial charge < -0.3 is 14.3 Å². The van der Waals surface area contributed by atoms with Crippen molar-refractivity contribution in [3.05, 3.63) is 25.3 Å². The van der Waals surface area contributed by atoms with Crippen LogP contribution in [0.4, 0.5) is 0 Å². The standard InChI is InChI=1S/C12H14O5/c1-3-9(15)11(5-7-13)17-12(6-8-14)10(16)4-2/h3-4,7-8,11-12H,1-2,5-6H2. The van der Waals surface area contributed by atoms with E-state index in [0.29, 0.717) is 12.6 Å².